The average Bonchev–Trinajstić information content (AvgIpc) is 3.69. The van der Waals surface area contributed by atoms with Gasteiger partial charge < -0.3 is 14.3 Å². The van der Waals surface area contributed by atoms with Gasteiger partial charge in [-0.1, -0.05) is 94.9 Å². The van der Waals surface area contributed by atoms with Gasteiger partial charge in [0.25, 0.3) is 5.91 Å². The second-order valence-electron chi connectivity index (χ2n) is 9.69. The third-order valence-corrected chi connectivity index (χ3v) is 9.01. The molecule has 3 heterocycles. The van der Waals surface area contributed by atoms with Crippen LogP contribution in [0.2, 0.25) is 0 Å². The van der Waals surface area contributed by atoms with Gasteiger partial charge in [-0.15, -0.1) is 10.2 Å². The van der Waals surface area contributed by atoms with Crippen LogP contribution in [0.15, 0.2) is 92.9 Å². The Hall–Kier alpha value is -4.41. The van der Waals surface area contributed by atoms with E-state index in [0.29, 0.717) is 32.4 Å². The number of benzene rings is 3. The number of ether oxygens (including phenoxy) is 1. The molecule has 0 fully saturated rings. The SMILES string of the molecule is COc1cccc2cc(C(=O)C3=C(O)C(=O)N(c4nnc(SCc5ccc(C)cc5)s4)C3c3ccc(C)cc3)oc12. The van der Waals surface area contributed by atoms with Gasteiger partial charge in [0.1, 0.15) is 0 Å². The Morgan fingerprint density at radius 1 is 1.05 bits per heavy atom. The van der Waals surface area contributed by atoms with Crippen molar-refractivity contribution in [3.8, 4) is 5.75 Å². The molecule has 6 rings (SSSR count). The van der Waals surface area contributed by atoms with Crippen molar-refractivity contribution in [1.82, 2.24) is 10.2 Å². The molecule has 206 valence electrons. The van der Waals surface area contributed by atoms with Gasteiger partial charge in [0, 0.05) is 11.1 Å². The number of carbonyl (C=O) groups is 2. The van der Waals surface area contributed by atoms with Crippen LogP contribution in [0, 0.1) is 13.8 Å². The lowest BCUT2D eigenvalue weighted by atomic mass is 9.94. The largest absolute Gasteiger partial charge is 0.503 e. The molecule has 0 saturated carbocycles. The highest BCUT2D eigenvalue weighted by molar-refractivity contribution is 8.00. The van der Waals surface area contributed by atoms with Crippen molar-refractivity contribution in [2.75, 3.05) is 12.0 Å². The van der Waals surface area contributed by atoms with E-state index in [1.54, 1.807) is 24.3 Å². The molecule has 0 saturated heterocycles. The average molecular weight is 584 g/mol. The van der Waals surface area contributed by atoms with Crippen molar-refractivity contribution in [2.45, 2.75) is 30.0 Å². The van der Waals surface area contributed by atoms with Crippen molar-refractivity contribution >= 4 is 50.9 Å². The molecule has 3 aromatic carbocycles. The van der Waals surface area contributed by atoms with E-state index in [-0.39, 0.29) is 16.5 Å². The Morgan fingerprint density at radius 2 is 1.76 bits per heavy atom. The first-order chi connectivity index (χ1) is 19.8. The predicted molar refractivity (Wildman–Crippen MR) is 159 cm³/mol. The normalized spacial score (nSPS) is 15.2. The smallest absolute Gasteiger partial charge is 0.296 e. The lowest BCUT2D eigenvalue weighted by molar-refractivity contribution is -0.117. The van der Waals surface area contributed by atoms with Crippen molar-refractivity contribution in [3.05, 3.63) is 112 Å². The number of amides is 1. The maximum atomic E-state index is 13.9. The number of ketones is 1. The second kappa shape index (κ2) is 10.9. The van der Waals surface area contributed by atoms with Crippen molar-refractivity contribution in [3.63, 3.8) is 0 Å². The lowest BCUT2D eigenvalue weighted by Crippen LogP contribution is -2.31. The van der Waals surface area contributed by atoms with Gasteiger partial charge in [-0.3, -0.25) is 14.5 Å². The fraction of sp³-hybridized carbons (Fsp3) is 0.161. The van der Waals surface area contributed by atoms with Crippen LogP contribution in [-0.4, -0.2) is 34.1 Å². The number of aromatic nitrogens is 2. The van der Waals surface area contributed by atoms with E-state index < -0.39 is 23.5 Å². The molecule has 0 spiro atoms. The Balaban J connectivity index is 1.36. The van der Waals surface area contributed by atoms with E-state index in [1.807, 2.05) is 38.1 Å². The lowest BCUT2D eigenvalue weighted by Gasteiger charge is -2.23. The highest BCUT2D eigenvalue weighted by Crippen LogP contribution is 2.44. The Kier molecular flexibility index (Phi) is 7.10. The summed E-state index contributed by atoms with van der Waals surface area (Å²) in [5.41, 5.74) is 4.31. The molecule has 1 unspecified atom stereocenters. The number of furan rings is 1. The van der Waals surface area contributed by atoms with Crippen LogP contribution in [0.5, 0.6) is 5.75 Å². The van der Waals surface area contributed by atoms with Gasteiger partial charge in [-0.25, -0.2) is 0 Å². The van der Waals surface area contributed by atoms with Gasteiger partial charge >= 0.3 is 0 Å². The first-order valence-corrected chi connectivity index (χ1v) is 14.6. The summed E-state index contributed by atoms with van der Waals surface area (Å²) in [6.45, 7) is 3.99. The molecular formula is C31H25N3O5S2. The van der Waals surface area contributed by atoms with Crippen molar-refractivity contribution < 1.29 is 23.8 Å². The van der Waals surface area contributed by atoms with Gasteiger partial charge in [0.2, 0.25) is 10.9 Å². The first kappa shape index (κ1) is 26.8. The van der Waals surface area contributed by atoms with E-state index in [2.05, 4.69) is 34.5 Å². The standard InChI is InChI=1S/C31H25N3O5S2/c1-17-7-11-19(12-8-17)16-40-31-33-32-30(41-31)34-25(20-13-9-18(2)10-14-20)24(27(36)29(34)37)26(35)23-15-21-5-4-6-22(38-3)28(21)39-23/h4-15,25,36H,16H2,1-3H3. The Morgan fingerprint density at radius 3 is 2.46 bits per heavy atom. The molecule has 0 aliphatic carbocycles. The number of hydrogen-bond donors (Lipinski definition) is 1. The molecule has 1 N–H and O–H groups in total. The van der Waals surface area contributed by atoms with Crippen LogP contribution in [-0.2, 0) is 10.5 Å². The molecular weight excluding hydrogens is 558 g/mol. The number of hydrogen-bond acceptors (Lipinski definition) is 9. The maximum absolute atomic E-state index is 13.9. The van der Waals surface area contributed by atoms with Crippen LogP contribution in [0.1, 0.15) is 38.9 Å². The van der Waals surface area contributed by atoms with Crippen LogP contribution in [0.3, 0.4) is 0 Å². The third-order valence-electron chi connectivity index (χ3n) is 6.88. The summed E-state index contributed by atoms with van der Waals surface area (Å²) in [6, 6.07) is 21.7. The molecule has 41 heavy (non-hydrogen) atoms. The zero-order valence-corrected chi connectivity index (χ0v) is 24.1. The number of Topliss-reactive ketones (excluding diaryl/α,β-unsaturated/α-hetero) is 1. The van der Waals surface area contributed by atoms with E-state index in [9.17, 15) is 14.7 Å². The quantitative estimate of drug-likeness (QED) is 0.118. The monoisotopic (exact) mass is 583 g/mol. The van der Waals surface area contributed by atoms with E-state index in [4.69, 9.17) is 9.15 Å². The minimum Gasteiger partial charge on any atom is -0.503 e. The highest BCUT2D eigenvalue weighted by atomic mass is 32.2. The number of methoxy groups -OCH3 is 1. The summed E-state index contributed by atoms with van der Waals surface area (Å²) in [5.74, 6) is -0.808. The Bertz CT molecular complexity index is 1810. The van der Waals surface area contributed by atoms with Crippen LogP contribution in [0.25, 0.3) is 11.0 Å². The fourth-order valence-corrected chi connectivity index (χ4v) is 6.55. The molecule has 1 amide bonds. The van der Waals surface area contributed by atoms with E-state index in [0.717, 1.165) is 11.1 Å². The van der Waals surface area contributed by atoms with E-state index in [1.165, 1.54) is 40.7 Å². The number of aliphatic hydroxyl groups excluding tert-OH is 1. The summed E-state index contributed by atoms with van der Waals surface area (Å²) < 4.78 is 11.9. The number of aryl methyl sites for hydroxylation is 2. The number of para-hydroxylation sites is 1. The molecule has 2 aromatic heterocycles. The van der Waals surface area contributed by atoms with Crippen LogP contribution in [0.4, 0.5) is 5.13 Å². The number of thioether (sulfide) groups is 1. The third kappa shape index (κ3) is 5.00. The van der Waals surface area contributed by atoms with Gasteiger partial charge in [-0.2, -0.15) is 0 Å². The Labute approximate surface area is 244 Å². The number of anilines is 1. The van der Waals surface area contributed by atoms with Gasteiger partial charge in [0.15, 0.2) is 27.2 Å². The topological polar surface area (TPSA) is 106 Å². The number of carbonyl (C=O) groups excluding carboxylic acids is 2. The minimum absolute atomic E-state index is 0.00980. The summed E-state index contributed by atoms with van der Waals surface area (Å²) in [7, 11) is 1.52. The zero-order valence-electron chi connectivity index (χ0n) is 22.5. The molecule has 1 atom stereocenters. The second-order valence-corrected chi connectivity index (χ2v) is 11.9. The van der Waals surface area contributed by atoms with Crippen LogP contribution < -0.4 is 9.64 Å². The molecule has 1 aliphatic heterocycles. The minimum atomic E-state index is -0.923. The molecule has 1 aliphatic rings. The summed E-state index contributed by atoms with van der Waals surface area (Å²) in [4.78, 5) is 28.8. The van der Waals surface area contributed by atoms with Crippen LogP contribution >= 0.6 is 23.1 Å². The molecule has 8 nitrogen and oxygen atoms in total. The summed E-state index contributed by atoms with van der Waals surface area (Å²) >= 11 is 2.74. The van der Waals surface area contributed by atoms with E-state index >= 15 is 0 Å². The zero-order chi connectivity index (χ0) is 28.7. The maximum Gasteiger partial charge on any atom is 0.296 e. The molecule has 0 bridgehead atoms. The fourth-order valence-electron chi connectivity index (χ4n) is 4.73. The van der Waals surface area contributed by atoms with Crippen molar-refractivity contribution in [1.29, 1.82) is 0 Å². The predicted octanol–water partition coefficient (Wildman–Crippen LogP) is 6.98. The van der Waals surface area contributed by atoms with Crippen molar-refractivity contribution in [2.24, 2.45) is 0 Å². The van der Waals surface area contributed by atoms with Gasteiger partial charge in [-0.05, 0) is 37.1 Å². The molecule has 10 heteroatoms. The molecule has 5 aromatic rings. The summed E-state index contributed by atoms with van der Waals surface area (Å²) in [5, 5.41) is 20.6. The highest BCUT2D eigenvalue weighted by Gasteiger charge is 2.46. The number of aliphatic hydroxyl groups is 1. The van der Waals surface area contributed by atoms with Gasteiger partial charge in [0.05, 0.1) is 18.7 Å². The number of rotatable bonds is 8. The number of fused-ring (bicyclic) bond motifs is 1. The summed E-state index contributed by atoms with van der Waals surface area (Å²) in [6.07, 6.45) is 0. The molecule has 0 radical (unpaired) electrons. The first-order valence-electron chi connectivity index (χ1n) is 12.8. The number of nitrogens with zero attached hydrogens (tertiary/aromatic N) is 3.